The van der Waals surface area contributed by atoms with Crippen molar-refractivity contribution in [3.8, 4) is 0 Å². The van der Waals surface area contributed by atoms with E-state index in [1.165, 1.54) is 22.2 Å². The van der Waals surface area contributed by atoms with Crippen LogP contribution >= 0.6 is 24.0 Å². The molecule has 1 unspecified atom stereocenters. The molecule has 4 rings (SSSR count). The van der Waals surface area contributed by atoms with Gasteiger partial charge in [0.25, 0.3) is 0 Å². The molecule has 0 saturated carbocycles. The van der Waals surface area contributed by atoms with Gasteiger partial charge in [-0.2, -0.15) is 0 Å². The third-order valence-electron chi connectivity index (χ3n) is 5.32. The van der Waals surface area contributed by atoms with Gasteiger partial charge in [-0.05, 0) is 43.5 Å². The number of H-pyrrole nitrogens is 1. The summed E-state index contributed by atoms with van der Waals surface area (Å²) in [4.78, 5) is 10.6. The van der Waals surface area contributed by atoms with Gasteiger partial charge in [0, 0.05) is 55.0 Å². The SMILES string of the molecule is CCNC(=NCCc1c[nH]c2ccccc12)NC1CCN(c2ccccc2)C1.I. The number of aromatic amines is 1. The van der Waals surface area contributed by atoms with E-state index in [-0.39, 0.29) is 24.0 Å². The van der Waals surface area contributed by atoms with Crippen molar-refractivity contribution < 1.29 is 0 Å². The Hall–Kier alpha value is -2.22. The van der Waals surface area contributed by atoms with Gasteiger partial charge in [-0.25, -0.2) is 0 Å². The number of hydrogen-bond acceptors (Lipinski definition) is 2. The van der Waals surface area contributed by atoms with Crippen LogP contribution < -0.4 is 15.5 Å². The van der Waals surface area contributed by atoms with E-state index in [0.29, 0.717) is 6.04 Å². The topological polar surface area (TPSA) is 55.5 Å². The van der Waals surface area contributed by atoms with Crippen molar-refractivity contribution in [3.63, 3.8) is 0 Å². The Morgan fingerprint density at radius 1 is 1.14 bits per heavy atom. The zero-order valence-corrected chi connectivity index (χ0v) is 19.2. The molecule has 0 bridgehead atoms. The highest BCUT2D eigenvalue weighted by Crippen LogP contribution is 2.20. The third-order valence-corrected chi connectivity index (χ3v) is 5.32. The molecule has 0 aliphatic carbocycles. The predicted molar refractivity (Wildman–Crippen MR) is 134 cm³/mol. The minimum Gasteiger partial charge on any atom is -0.369 e. The number of nitrogens with zero attached hydrogens (tertiary/aromatic N) is 2. The fourth-order valence-electron chi connectivity index (χ4n) is 3.89. The van der Waals surface area contributed by atoms with E-state index in [1.54, 1.807) is 0 Å². The molecule has 1 aromatic heterocycles. The Bertz CT molecular complexity index is 921. The summed E-state index contributed by atoms with van der Waals surface area (Å²) in [7, 11) is 0. The lowest BCUT2D eigenvalue weighted by molar-refractivity contribution is 0.649. The number of para-hydroxylation sites is 2. The lowest BCUT2D eigenvalue weighted by atomic mass is 10.1. The van der Waals surface area contributed by atoms with E-state index in [4.69, 9.17) is 4.99 Å². The van der Waals surface area contributed by atoms with E-state index < -0.39 is 0 Å². The molecule has 1 fully saturated rings. The average molecular weight is 503 g/mol. The van der Waals surface area contributed by atoms with E-state index in [2.05, 4.69) is 88.2 Å². The van der Waals surface area contributed by atoms with Gasteiger partial charge in [-0.15, -0.1) is 24.0 Å². The summed E-state index contributed by atoms with van der Waals surface area (Å²) in [5.74, 6) is 0.919. The van der Waals surface area contributed by atoms with Crippen LogP contribution in [-0.2, 0) is 6.42 Å². The number of rotatable bonds is 6. The maximum Gasteiger partial charge on any atom is 0.191 e. The molecule has 29 heavy (non-hydrogen) atoms. The summed E-state index contributed by atoms with van der Waals surface area (Å²) in [6.45, 7) is 5.84. The molecule has 6 heteroatoms. The van der Waals surface area contributed by atoms with Crippen molar-refractivity contribution >= 4 is 46.5 Å². The summed E-state index contributed by atoms with van der Waals surface area (Å²) in [5.41, 5.74) is 3.82. The minimum atomic E-state index is 0. The number of aliphatic imine (C=N–C) groups is 1. The van der Waals surface area contributed by atoms with Gasteiger partial charge in [0.05, 0.1) is 0 Å². The highest BCUT2D eigenvalue weighted by atomic mass is 127. The summed E-state index contributed by atoms with van der Waals surface area (Å²) < 4.78 is 0. The van der Waals surface area contributed by atoms with Crippen LogP contribution in [0.4, 0.5) is 5.69 Å². The molecule has 0 radical (unpaired) electrons. The van der Waals surface area contributed by atoms with Crippen LogP contribution in [0.25, 0.3) is 10.9 Å². The van der Waals surface area contributed by atoms with Gasteiger partial charge < -0.3 is 20.5 Å². The molecule has 3 N–H and O–H groups in total. The molecular weight excluding hydrogens is 473 g/mol. The van der Waals surface area contributed by atoms with Crippen molar-refractivity contribution in [1.82, 2.24) is 15.6 Å². The summed E-state index contributed by atoms with van der Waals surface area (Å²) in [5, 5.41) is 8.31. The highest BCUT2D eigenvalue weighted by molar-refractivity contribution is 14.0. The largest absolute Gasteiger partial charge is 0.369 e. The number of fused-ring (bicyclic) bond motifs is 1. The fraction of sp³-hybridized carbons (Fsp3) is 0.348. The van der Waals surface area contributed by atoms with Crippen LogP contribution in [0.3, 0.4) is 0 Å². The molecular formula is C23H30IN5. The molecule has 2 aromatic carbocycles. The highest BCUT2D eigenvalue weighted by Gasteiger charge is 2.23. The first-order valence-electron chi connectivity index (χ1n) is 10.2. The Labute approximate surface area is 190 Å². The molecule has 0 spiro atoms. The second kappa shape index (κ2) is 10.5. The molecule has 1 atom stereocenters. The summed E-state index contributed by atoms with van der Waals surface area (Å²) in [6.07, 6.45) is 4.17. The molecule has 3 aromatic rings. The van der Waals surface area contributed by atoms with Gasteiger partial charge in [0.2, 0.25) is 0 Å². The number of guanidine groups is 1. The zero-order valence-electron chi connectivity index (χ0n) is 16.9. The normalized spacial score (nSPS) is 16.7. The van der Waals surface area contributed by atoms with Gasteiger partial charge >= 0.3 is 0 Å². The number of hydrogen-bond donors (Lipinski definition) is 3. The second-order valence-corrected chi connectivity index (χ2v) is 7.28. The Morgan fingerprint density at radius 3 is 2.76 bits per heavy atom. The van der Waals surface area contributed by atoms with Crippen LogP contribution in [0.2, 0.25) is 0 Å². The Kier molecular flexibility index (Phi) is 7.80. The molecule has 154 valence electrons. The van der Waals surface area contributed by atoms with E-state index in [9.17, 15) is 0 Å². The minimum absolute atomic E-state index is 0. The number of anilines is 1. The van der Waals surface area contributed by atoms with Gasteiger partial charge in [-0.1, -0.05) is 36.4 Å². The van der Waals surface area contributed by atoms with E-state index in [1.807, 2.05) is 0 Å². The van der Waals surface area contributed by atoms with Crippen LogP contribution in [0.5, 0.6) is 0 Å². The quantitative estimate of drug-likeness (QED) is 0.269. The van der Waals surface area contributed by atoms with Crippen molar-refractivity contribution in [3.05, 3.63) is 66.4 Å². The Morgan fingerprint density at radius 2 is 1.93 bits per heavy atom. The number of halogens is 1. The first-order chi connectivity index (χ1) is 13.8. The zero-order chi connectivity index (χ0) is 19.2. The van der Waals surface area contributed by atoms with Crippen LogP contribution in [0.1, 0.15) is 18.9 Å². The van der Waals surface area contributed by atoms with Crippen LogP contribution in [0, 0.1) is 0 Å². The second-order valence-electron chi connectivity index (χ2n) is 7.28. The molecule has 5 nitrogen and oxygen atoms in total. The number of benzene rings is 2. The number of nitrogens with one attached hydrogen (secondary N) is 3. The van der Waals surface area contributed by atoms with Gasteiger partial charge in [0.1, 0.15) is 0 Å². The molecule has 1 aliphatic heterocycles. The van der Waals surface area contributed by atoms with E-state index >= 15 is 0 Å². The smallest absolute Gasteiger partial charge is 0.191 e. The van der Waals surface area contributed by atoms with Crippen molar-refractivity contribution in [1.29, 1.82) is 0 Å². The summed E-state index contributed by atoms with van der Waals surface area (Å²) in [6, 6.07) is 19.5. The lowest BCUT2D eigenvalue weighted by Crippen LogP contribution is -2.44. The van der Waals surface area contributed by atoms with Gasteiger partial charge in [-0.3, -0.25) is 4.99 Å². The fourth-order valence-corrected chi connectivity index (χ4v) is 3.89. The maximum atomic E-state index is 4.82. The maximum absolute atomic E-state index is 4.82. The first kappa shape index (κ1) is 21.5. The molecule has 1 aliphatic rings. The average Bonchev–Trinajstić information content (AvgIpc) is 3.36. The lowest BCUT2D eigenvalue weighted by Gasteiger charge is -2.20. The standard InChI is InChI=1S/C23H29N5.HI/c1-2-24-23(25-14-12-18-16-26-22-11-7-6-10-21(18)22)27-19-13-15-28(17-19)20-8-4-3-5-9-20;/h3-11,16,19,26H,2,12-15,17H2,1H3,(H2,24,25,27);1H. The van der Waals surface area contributed by atoms with Crippen molar-refractivity contribution in [2.24, 2.45) is 4.99 Å². The number of aromatic nitrogens is 1. The predicted octanol–water partition coefficient (Wildman–Crippen LogP) is 4.16. The van der Waals surface area contributed by atoms with Crippen LogP contribution in [-0.4, -0.2) is 43.2 Å². The van der Waals surface area contributed by atoms with Crippen LogP contribution in [0.15, 0.2) is 65.8 Å². The van der Waals surface area contributed by atoms with Crippen molar-refractivity contribution in [2.45, 2.75) is 25.8 Å². The summed E-state index contributed by atoms with van der Waals surface area (Å²) >= 11 is 0. The molecule has 0 amide bonds. The molecule has 2 heterocycles. The third kappa shape index (κ3) is 5.44. The molecule has 1 saturated heterocycles. The first-order valence-corrected chi connectivity index (χ1v) is 10.2. The monoisotopic (exact) mass is 503 g/mol. The van der Waals surface area contributed by atoms with Crippen molar-refractivity contribution in [2.75, 3.05) is 31.1 Å². The Balaban J connectivity index is 0.00000240. The van der Waals surface area contributed by atoms with E-state index in [0.717, 1.165) is 45.0 Å². The van der Waals surface area contributed by atoms with Gasteiger partial charge in [0.15, 0.2) is 5.96 Å².